The molecule has 0 saturated heterocycles. The Bertz CT molecular complexity index is 1560. The molecule has 0 radical (unpaired) electrons. The molecule has 4 aliphatic rings. The molecule has 0 spiro atoms. The van der Waals surface area contributed by atoms with Crippen LogP contribution in [0.4, 0.5) is 0 Å². The Kier molecular flexibility index (Phi) is 4.10. The first-order chi connectivity index (χ1) is 17.0. The van der Waals surface area contributed by atoms with Crippen molar-refractivity contribution in [3.05, 3.63) is 50.3 Å². The maximum absolute atomic E-state index is 13.4. The van der Waals surface area contributed by atoms with E-state index in [1.807, 2.05) is 0 Å². The quantitative estimate of drug-likeness (QED) is 0.348. The third-order valence-corrected chi connectivity index (χ3v) is 7.23. The van der Waals surface area contributed by atoms with Crippen molar-refractivity contribution >= 4 is 22.8 Å². The number of aliphatic hydroxyl groups is 2. The molecule has 3 aliphatic heterocycles. The second kappa shape index (κ2) is 7.03. The lowest BCUT2D eigenvalue weighted by Crippen LogP contribution is -2.34. The Labute approximate surface area is 196 Å². The van der Waals surface area contributed by atoms with E-state index in [9.17, 15) is 24.6 Å². The van der Waals surface area contributed by atoms with Gasteiger partial charge in [-0.2, -0.15) is 0 Å². The fraction of sp³-hybridized carbons (Fsp3) is 0.333. The number of esters is 1. The number of benzene rings is 1. The summed E-state index contributed by atoms with van der Waals surface area (Å²) < 4.78 is 17.9. The number of nitrogens with zero attached hydrogens (tertiary/aromatic N) is 2. The zero-order chi connectivity index (χ0) is 24.0. The van der Waals surface area contributed by atoms with Gasteiger partial charge < -0.3 is 34.3 Å². The Hall–Kier alpha value is -3.96. The summed E-state index contributed by atoms with van der Waals surface area (Å²) in [6.45, 7) is -0.530. The van der Waals surface area contributed by atoms with Crippen molar-refractivity contribution in [1.29, 1.82) is 0 Å². The topological polar surface area (TPSA) is 149 Å². The summed E-state index contributed by atoms with van der Waals surface area (Å²) in [6.07, 6.45) is -0.371. The van der Waals surface area contributed by atoms with Gasteiger partial charge in [0.2, 0.25) is 12.7 Å². The SMILES string of the molecule is O=C(CO)NC1CCc2c3c(cc4nc5c(c1c24)Cn1c-5cc2c(c1=O)COC(=O)[C@H]2O)OCO3. The van der Waals surface area contributed by atoms with Crippen molar-refractivity contribution in [1.82, 2.24) is 14.9 Å². The highest BCUT2D eigenvalue weighted by Gasteiger charge is 2.38. The van der Waals surface area contributed by atoms with Crippen LogP contribution in [-0.4, -0.2) is 45.0 Å². The van der Waals surface area contributed by atoms with Gasteiger partial charge in [-0.25, -0.2) is 9.78 Å². The monoisotopic (exact) mass is 477 g/mol. The van der Waals surface area contributed by atoms with Crippen LogP contribution in [0.1, 0.15) is 46.4 Å². The first-order valence-electron chi connectivity index (χ1n) is 11.3. The van der Waals surface area contributed by atoms with Gasteiger partial charge in [-0.1, -0.05) is 0 Å². The first kappa shape index (κ1) is 20.4. The highest BCUT2D eigenvalue weighted by atomic mass is 16.7. The van der Waals surface area contributed by atoms with Crippen LogP contribution in [-0.2, 0) is 33.9 Å². The predicted octanol–water partition coefficient (Wildman–Crippen LogP) is 0.340. The van der Waals surface area contributed by atoms with Crippen molar-refractivity contribution in [2.75, 3.05) is 13.4 Å². The molecule has 1 amide bonds. The maximum atomic E-state index is 13.4. The molecule has 3 N–H and O–H groups in total. The molecular weight excluding hydrogens is 458 g/mol. The van der Waals surface area contributed by atoms with Gasteiger partial charge in [0.15, 0.2) is 17.6 Å². The number of cyclic esters (lactones) is 1. The fourth-order valence-corrected chi connectivity index (χ4v) is 5.72. The Balaban J connectivity index is 1.52. The van der Waals surface area contributed by atoms with Gasteiger partial charge in [0.1, 0.15) is 13.2 Å². The van der Waals surface area contributed by atoms with E-state index in [4.69, 9.17) is 19.2 Å². The summed E-state index contributed by atoms with van der Waals surface area (Å²) in [5.41, 5.74) is 4.25. The number of pyridine rings is 2. The molecule has 11 nitrogen and oxygen atoms in total. The van der Waals surface area contributed by atoms with E-state index < -0.39 is 30.6 Å². The van der Waals surface area contributed by atoms with Crippen LogP contribution in [0.2, 0.25) is 0 Å². The van der Waals surface area contributed by atoms with Crippen LogP contribution < -0.4 is 20.3 Å². The predicted molar refractivity (Wildman–Crippen MR) is 118 cm³/mol. The lowest BCUT2D eigenvalue weighted by atomic mass is 9.83. The number of amides is 1. The average Bonchev–Trinajstić information content (AvgIpc) is 3.47. The number of ether oxygens (including phenoxy) is 3. The number of carbonyl (C=O) groups excluding carboxylic acids is 2. The Morgan fingerprint density at radius 1 is 1.17 bits per heavy atom. The summed E-state index contributed by atoms with van der Waals surface area (Å²) in [5.74, 6) is -0.0531. The molecule has 5 heterocycles. The summed E-state index contributed by atoms with van der Waals surface area (Å²) in [6, 6.07) is 3.00. The van der Waals surface area contributed by atoms with Crippen molar-refractivity contribution in [2.45, 2.75) is 38.1 Å². The summed E-state index contributed by atoms with van der Waals surface area (Å²) in [5, 5.41) is 23.5. The van der Waals surface area contributed by atoms with Crippen molar-refractivity contribution < 1.29 is 34.0 Å². The second-order valence-corrected chi connectivity index (χ2v) is 9.02. The van der Waals surface area contributed by atoms with Crippen LogP contribution in [0.5, 0.6) is 11.5 Å². The third kappa shape index (κ3) is 2.67. The summed E-state index contributed by atoms with van der Waals surface area (Å²) in [4.78, 5) is 42.3. The van der Waals surface area contributed by atoms with Gasteiger partial charge >= 0.3 is 5.97 Å². The molecular formula is C24H19N3O8. The van der Waals surface area contributed by atoms with Crippen LogP contribution in [0.3, 0.4) is 0 Å². The van der Waals surface area contributed by atoms with Gasteiger partial charge in [0, 0.05) is 28.1 Å². The number of aromatic nitrogens is 2. The van der Waals surface area contributed by atoms with E-state index in [0.29, 0.717) is 41.2 Å². The van der Waals surface area contributed by atoms with E-state index in [0.717, 1.165) is 22.1 Å². The molecule has 1 aromatic carbocycles. The molecule has 178 valence electrons. The highest BCUT2D eigenvalue weighted by molar-refractivity contribution is 5.96. The van der Waals surface area contributed by atoms with Crippen molar-refractivity contribution in [3.63, 3.8) is 0 Å². The van der Waals surface area contributed by atoms with Gasteiger partial charge in [-0.05, 0) is 24.5 Å². The molecule has 1 unspecified atom stereocenters. The number of hydrogen-bond acceptors (Lipinski definition) is 9. The molecule has 7 rings (SSSR count). The van der Waals surface area contributed by atoms with Crippen molar-refractivity contribution in [3.8, 4) is 22.9 Å². The van der Waals surface area contributed by atoms with Crippen LogP contribution in [0, 0.1) is 0 Å². The van der Waals surface area contributed by atoms with Gasteiger partial charge in [-0.15, -0.1) is 0 Å². The minimum Gasteiger partial charge on any atom is -0.458 e. The van der Waals surface area contributed by atoms with Crippen LogP contribution >= 0.6 is 0 Å². The summed E-state index contributed by atoms with van der Waals surface area (Å²) >= 11 is 0. The molecule has 0 bridgehead atoms. The van der Waals surface area contributed by atoms with E-state index in [1.54, 1.807) is 16.7 Å². The number of rotatable bonds is 2. The smallest absolute Gasteiger partial charge is 0.340 e. The summed E-state index contributed by atoms with van der Waals surface area (Å²) in [7, 11) is 0. The number of hydrogen-bond donors (Lipinski definition) is 3. The van der Waals surface area contributed by atoms with Gasteiger partial charge in [0.25, 0.3) is 5.56 Å². The third-order valence-electron chi connectivity index (χ3n) is 7.23. The zero-order valence-corrected chi connectivity index (χ0v) is 18.3. The largest absolute Gasteiger partial charge is 0.458 e. The number of carbonyl (C=O) groups is 2. The van der Waals surface area contributed by atoms with E-state index in [2.05, 4.69) is 5.32 Å². The molecule has 0 saturated carbocycles. The standard InChI is InChI=1S/C24H19N3O8/c28-6-17(29)25-13-2-1-9-18-14(4-16-22(9)35-8-34-16)26-20-11(19(13)18)5-27-15(20)3-10-12(23(27)31)7-33-24(32)21(10)30/h3-4,13,21,28,30H,1-2,5-8H2,(H,25,29)/t13?,21-/m0/s1. The maximum Gasteiger partial charge on any atom is 0.340 e. The fourth-order valence-electron chi connectivity index (χ4n) is 5.72. The molecule has 35 heavy (non-hydrogen) atoms. The minimum absolute atomic E-state index is 0.108. The van der Waals surface area contributed by atoms with E-state index in [-0.39, 0.29) is 36.6 Å². The number of nitrogens with one attached hydrogen (secondary N) is 1. The second-order valence-electron chi connectivity index (χ2n) is 9.02. The Morgan fingerprint density at radius 2 is 2.03 bits per heavy atom. The number of aryl methyl sites for hydroxylation is 1. The lowest BCUT2D eigenvalue weighted by Gasteiger charge is -2.29. The number of aliphatic hydroxyl groups excluding tert-OH is 2. The molecule has 3 aromatic rings. The Morgan fingerprint density at radius 3 is 2.86 bits per heavy atom. The molecule has 0 fully saturated rings. The zero-order valence-electron chi connectivity index (χ0n) is 18.3. The number of fused-ring (bicyclic) bond motifs is 7. The van der Waals surface area contributed by atoms with Crippen molar-refractivity contribution in [2.24, 2.45) is 0 Å². The molecule has 1 aliphatic carbocycles. The van der Waals surface area contributed by atoms with Gasteiger partial charge in [0.05, 0.1) is 35.1 Å². The molecule has 2 atom stereocenters. The average molecular weight is 477 g/mol. The van der Waals surface area contributed by atoms with Crippen LogP contribution in [0.25, 0.3) is 22.3 Å². The molecule has 11 heteroatoms. The first-order valence-corrected chi connectivity index (χ1v) is 11.3. The van der Waals surface area contributed by atoms with E-state index in [1.165, 1.54) is 0 Å². The van der Waals surface area contributed by atoms with Crippen LogP contribution in [0.15, 0.2) is 16.9 Å². The normalized spacial score (nSPS) is 20.8. The van der Waals surface area contributed by atoms with E-state index >= 15 is 0 Å². The molecule has 2 aromatic heterocycles. The van der Waals surface area contributed by atoms with Gasteiger partial charge in [-0.3, -0.25) is 9.59 Å². The minimum atomic E-state index is -1.54. The highest BCUT2D eigenvalue weighted by Crippen LogP contribution is 2.50. The lowest BCUT2D eigenvalue weighted by molar-refractivity contribution is -0.157.